The number of likely N-dealkylation sites (N-methyl/N-ethyl adjacent to an activating group) is 1. The number of benzene rings is 1. The second kappa shape index (κ2) is 10.9. The minimum Gasteiger partial charge on any atom is -0.468 e. The van der Waals surface area contributed by atoms with Crippen LogP contribution >= 0.6 is 0 Å². The van der Waals surface area contributed by atoms with Gasteiger partial charge in [-0.05, 0) is 38.5 Å². The second-order valence-corrected chi connectivity index (χ2v) is 7.32. The van der Waals surface area contributed by atoms with Crippen LogP contribution in [0.5, 0.6) is 0 Å². The van der Waals surface area contributed by atoms with Crippen LogP contribution in [-0.4, -0.2) is 61.6 Å². The molecule has 1 aromatic carbocycles. The van der Waals surface area contributed by atoms with Crippen molar-refractivity contribution in [2.45, 2.75) is 32.4 Å². The molecule has 0 spiro atoms. The average Bonchev–Trinajstić information content (AvgIpc) is 2.69. The zero-order valence-electron chi connectivity index (χ0n) is 17.8. The molecule has 3 amide bonds. The molecule has 0 bridgehead atoms. The van der Waals surface area contributed by atoms with Gasteiger partial charge in [-0.25, -0.2) is 4.79 Å². The molecule has 1 unspecified atom stereocenters. The van der Waals surface area contributed by atoms with E-state index in [9.17, 15) is 19.2 Å². The van der Waals surface area contributed by atoms with E-state index in [0.29, 0.717) is 11.1 Å². The Balaban J connectivity index is 2.97. The molecule has 0 saturated heterocycles. The fraction of sp³-hybridized carbons (Fsp3) is 0.429. The van der Waals surface area contributed by atoms with Gasteiger partial charge in [0.25, 0.3) is 0 Å². The molecule has 1 rings (SSSR count). The van der Waals surface area contributed by atoms with Gasteiger partial charge in [0.05, 0.1) is 7.11 Å². The highest BCUT2D eigenvalue weighted by molar-refractivity contribution is 5.91. The number of nitrogens with one attached hydrogen (secondary N) is 2. The molecule has 0 aromatic heterocycles. The summed E-state index contributed by atoms with van der Waals surface area (Å²) in [7, 11) is 2.61. The molecule has 1 aromatic rings. The number of methoxy groups -OCH3 is 1. The molecule has 9 heteroatoms. The predicted molar refractivity (Wildman–Crippen MR) is 109 cm³/mol. The Bertz CT molecular complexity index is 821. The summed E-state index contributed by atoms with van der Waals surface area (Å²) in [6.45, 7) is 4.35. The Morgan fingerprint density at radius 3 is 2.20 bits per heavy atom. The number of esters is 1. The summed E-state index contributed by atoms with van der Waals surface area (Å²) in [4.78, 5) is 49.6. The van der Waals surface area contributed by atoms with E-state index in [1.807, 2.05) is 0 Å². The van der Waals surface area contributed by atoms with Crippen LogP contribution in [0.3, 0.4) is 0 Å². The maximum absolute atomic E-state index is 12.7. The third-order valence-corrected chi connectivity index (χ3v) is 3.84. The van der Waals surface area contributed by atoms with Crippen molar-refractivity contribution in [2.75, 3.05) is 27.2 Å². The molecule has 9 nitrogen and oxygen atoms in total. The molecule has 1 atom stereocenters. The van der Waals surface area contributed by atoms with Gasteiger partial charge in [0.15, 0.2) is 0 Å². The van der Waals surface area contributed by atoms with Gasteiger partial charge in [-0.2, -0.15) is 0 Å². The zero-order chi connectivity index (χ0) is 22.9. The van der Waals surface area contributed by atoms with Crippen LogP contribution in [0.4, 0.5) is 4.79 Å². The summed E-state index contributed by atoms with van der Waals surface area (Å²) in [6, 6.07) is 5.43. The summed E-state index contributed by atoms with van der Waals surface area (Å²) in [6.07, 6.45) is 4.60. The maximum Gasteiger partial charge on any atom is 0.408 e. The van der Waals surface area contributed by atoms with Crippen molar-refractivity contribution in [2.24, 2.45) is 0 Å². The van der Waals surface area contributed by atoms with E-state index < -0.39 is 35.5 Å². The molecule has 0 aliphatic carbocycles. The van der Waals surface area contributed by atoms with Crippen LogP contribution in [0.25, 0.3) is 0 Å². The summed E-state index contributed by atoms with van der Waals surface area (Å²) < 4.78 is 9.60. The largest absolute Gasteiger partial charge is 0.468 e. The number of ether oxygens (including phenoxy) is 2. The highest BCUT2D eigenvalue weighted by Crippen LogP contribution is 2.20. The van der Waals surface area contributed by atoms with E-state index in [1.54, 1.807) is 45.0 Å². The lowest BCUT2D eigenvalue weighted by Crippen LogP contribution is -2.46. The van der Waals surface area contributed by atoms with Crippen LogP contribution in [-0.2, 0) is 23.9 Å². The standard InChI is InChI=1S/C21H27N3O6/c1-7-14-8-10-15(11-9-14)18(19(27)22-13-17(26)29-6)24(5)16(25)12-23-20(28)30-21(2,3)4/h1,8-11,18H,12-13H2,2-6H3,(H,22,27)(H,23,28). The van der Waals surface area contributed by atoms with Crippen LogP contribution in [0.2, 0.25) is 0 Å². The number of hydrogen-bond donors (Lipinski definition) is 2. The Hall–Kier alpha value is -3.54. The molecular formula is C21H27N3O6. The predicted octanol–water partition coefficient (Wildman–Crippen LogP) is 0.981. The molecule has 0 saturated carbocycles. The van der Waals surface area contributed by atoms with Gasteiger partial charge in [-0.1, -0.05) is 18.1 Å². The third-order valence-electron chi connectivity index (χ3n) is 3.84. The number of terminal acetylenes is 1. The van der Waals surface area contributed by atoms with Crippen molar-refractivity contribution in [3.63, 3.8) is 0 Å². The van der Waals surface area contributed by atoms with E-state index in [-0.39, 0.29) is 13.1 Å². The Kier molecular flexibility index (Phi) is 8.86. The fourth-order valence-corrected chi connectivity index (χ4v) is 2.37. The van der Waals surface area contributed by atoms with Gasteiger partial charge in [0.1, 0.15) is 24.7 Å². The number of amides is 3. The normalized spacial score (nSPS) is 11.5. The van der Waals surface area contributed by atoms with Crippen molar-refractivity contribution in [3.05, 3.63) is 35.4 Å². The lowest BCUT2D eigenvalue weighted by atomic mass is 10.0. The second-order valence-electron chi connectivity index (χ2n) is 7.32. The van der Waals surface area contributed by atoms with Crippen molar-refractivity contribution < 1.29 is 28.7 Å². The number of hydrogen-bond acceptors (Lipinski definition) is 6. The number of carbonyl (C=O) groups excluding carboxylic acids is 4. The number of alkyl carbamates (subject to hydrolysis) is 1. The maximum atomic E-state index is 12.7. The van der Waals surface area contributed by atoms with Crippen LogP contribution in [0, 0.1) is 12.3 Å². The van der Waals surface area contributed by atoms with Gasteiger partial charge in [-0.3, -0.25) is 14.4 Å². The van der Waals surface area contributed by atoms with Crippen LogP contribution < -0.4 is 10.6 Å². The summed E-state index contributed by atoms with van der Waals surface area (Å²) in [5, 5.41) is 4.79. The third kappa shape index (κ3) is 7.83. The summed E-state index contributed by atoms with van der Waals surface area (Å²) in [5.41, 5.74) is 0.367. The first-order chi connectivity index (χ1) is 14.0. The minimum atomic E-state index is -1.06. The van der Waals surface area contributed by atoms with E-state index in [0.717, 1.165) is 4.90 Å². The highest BCUT2D eigenvalue weighted by Gasteiger charge is 2.29. The average molecular weight is 417 g/mol. The first-order valence-electron chi connectivity index (χ1n) is 9.12. The number of rotatable bonds is 7. The molecule has 0 fully saturated rings. The van der Waals surface area contributed by atoms with Crippen molar-refractivity contribution >= 4 is 23.9 Å². The molecule has 0 aliphatic rings. The topological polar surface area (TPSA) is 114 Å². The van der Waals surface area contributed by atoms with Crippen molar-refractivity contribution in [1.29, 1.82) is 0 Å². The van der Waals surface area contributed by atoms with Gasteiger partial charge < -0.3 is 25.0 Å². The Morgan fingerprint density at radius 1 is 1.10 bits per heavy atom. The lowest BCUT2D eigenvalue weighted by Gasteiger charge is -2.28. The lowest BCUT2D eigenvalue weighted by molar-refractivity contribution is -0.143. The van der Waals surface area contributed by atoms with Crippen molar-refractivity contribution in [1.82, 2.24) is 15.5 Å². The van der Waals surface area contributed by atoms with E-state index in [2.05, 4.69) is 21.3 Å². The molecule has 2 N–H and O–H groups in total. The smallest absolute Gasteiger partial charge is 0.408 e. The first-order valence-corrected chi connectivity index (χ1v) is 9.12. The van der Waals surface area contributed by atoms with E-state index in [4.69, 9.17) is 11.2 Å². The van der Waals surface area contributed by atoms with Crippen LogP contribution in [0.1, 0.15) is 37.9 Å². The van der Waals surface area contributed by atoms with Gasteiger partial charge in [0.2, 0.25) is 11.8 Å². The first kappa shape index (κ1) is 24.5. The van der Waals surface area contributed by atoms with Gasteiger partial charge >= 0.3 is 12.1 Å². The molecule has 0 heterocycles. The van der Waals surface area contributed by atoms with Gasteiger partial charge in [-0.15, -0.1) is 6.42 Å². The number of carbonyl (C=O) groups is 4. The highest BCUT2D eigenvalue weighted by atomic mass is 16.6. The minimum absolute atomic E-state index is 0.355. The zero-order valence-corrected chi connectivity index (χ0v) is 17.8. The van der Waals surface area contributed by atoms with Crippen molar-refractivity contribution in [3.8, 4) is 12.3 Å². The summed E-state index contributed by atoms with van der Waals surface area (Å²) in [5.74, 6) is 0.699. The molecule has 30 heavy (non-hydrogen) atoms. The molecule has 0 aliphatic heterocycles. The monoisotopic (exact) mass is 417 g/mol. The SMILES string of the molecule is C#Cc1ccc(C(C(=O)NCC(=O)OC)N(C)C(=O)CNC(=O)OC(C)(C)C)cc1. The molecular weight excluding hydrogens is 390 g/mol. The summed E-state index contributed by atoms with van der Waals surface area (Å²) >= 11 is 0. The quantitative estimate of drug-likeness (QED) is 0.505. The van der Waals surface area contributed by atoms with E-state index >= 15 is 0 Å². The molecule has 162 valence electrons. The number of nitrogens with zero attached hydrogens (tertiary/aromatic N) is 1. The van der Waals surface area contributed by atoms with Gasteiger partial charge in [0, 0.05) is 12.6 Å². The Labute approximate surface area is 176 Å². The Morgan fingerprint density at radius 2 is 1.70 bits per heavy atom. The fourth-order valence-electron chi connectivity index (χ4n) is 2.37. The molecule has 0 radical (unpaired) electrons. The van der Waals surface area contributed by atoms with Crippen LogP contribution in [0.15, 0.2) is 24.3 Å². The van der Waals surface area contributed by atoms with E-state index in [1.165, 1.54) is 14.2 Å².